The van der Waals surface area contributed by atoms with Crippen LogP contribution in [0.15, 0.2) is 0 Å². The first-order valence-electron chi connectivity index (χ1n) is 6.02. The van der Waals surface area contributed by atoms with E-state index >= 15 is 0 Å². The maximum absolute atomic E-state index is 2.66. The van der Waals surface area contributed by atoms with Crippen molar-refractivity contribution in [3.05, 3.63) is 0 Å². The van der Waals surface area contributed by atoms with E-state index in [0.717, 1.165) is 12.0 Å². The molecule has 0 saturated carbocycles. The number of rotatable bonds is 5. The molecule has 0 N–H and O–H groups in total. The van der Waals surface area contributed by atoms with Crippen LogP contribution >= 0.6 is 0 Å². The summed E-state index contributed by atoms with van der Waals surface area (Å²) in [6.07, 6.45) is 7.09. The molecule has 1 aliphatic heterocycles. The molecular weight excluding hydrogens is 158 g/mol. The molecule has 2 unspecified atom stereocenters. The van der Waals surface area contributed by atoms with E-state index in [-0.39, 0.29) is 0 Å². The quantitative estimate of drug-likeness (QED) is 0.632. The summed E-state index contributed by atoms with van der Waals surface area (Å²) < 4.78 is 0. The van der Waals surface area contributed by atoms with Gasteiger partial charge in [-0.05, 0) is 44.7 Å². The minimum atomic E-state index is 0.916. The van der Waals surface area contributed by atoms with E-state index in [1.54, 1.807) is 0 Å². The number of likely N-dealkylation sites (tertiary alicyclic amines) is 1. The lowest BCUT2D eigenvalue weighted by Gasteiger charge is -2.23. The van der Waals surface area contributed by atoms with Gasteiger partial charge in [-0.25, -0.2) is 0 Å². The topological polar surface area (TPSA) is 3.24 Å². The van der Waals surface area contributed by atoms with Gasteiger partial charge in [-0.3, -0.25) is 0 Å². The third-order valence-corrected chi connectivity index (χ3v) is 3.59. The minimum Gasteiger partial charge on any atom is -0.301 e. The van der Waals surface area contributed by atoms with Gasteiger partial charge in [-0.1, -0.05) is 27.2 Å². The highest BCUT2D eigenvalue weighted by Gasteiger charge is 2.22. The molecule has 1 aliphatic rings. The van der Waals surface area contributed by atoms with Gasteiger partial charge in [0.2, 0.25) is 0 Å². The van der Waals surface area contributed by atoms with Crippen LogP contribution in [0.1, 0.15) is 52.9 Å². The zero-order valence-electron chi connectivity index (χ0n) is 9.55. The maximum Gasteiger partial charge on any atom is 0.00957 e. The summed E-state index contributed by atoms with van der Waals surface area (Å²) in [4.78, 5) is 2.66. The van der Waals surface area contributed by atoms with Crippen molar-refractivity contribution in [1.29, 1.82) is 0 Å². The average Bonchev–Trinajstić information content (AvgIpc) is 2.61. The fourth-order valence-corrected chi connectivity index (χ4v) is 2.32. The molecule has 1 nitrogen and oxygen atoms in total. The van der Waals surface area contributed by atoms with E-state index in [4.69, 9.17) is 0 Å². The Bertz CT molecular complexity index is 133. The van der Waals surface area contributed by atoms with Crippen molar-refractivity contribution in [3.8, 4) is 0 Å². The molecule has 1 rings (SSSR count). The minimum absolute atomic E-state index is 0.916. The molecule has 2 atom stereocenters. The third kappa shape index (κ3) is 3.30. The van der Waals surface area contributed by atoms with Gasteiger partial charge in [0.05, 0.1) is 0 Å². The van der Waals surface area contributed by atoms with Crippen LogP contribution in [0.4, 0.5) is 0 Å². The zero-order valence-corrected chi connectivity index (χ0v) is 9.55. The van der Waals surface area contributed by atoms with E-state index < -0.39 is 0 Å². The summed E-state index contributed by atoms with van der Waals surface area (Å²) in [6.45, 7) is 9.58. The molecule has 1 heterocycles. The molecule has 78 valence electrons. The Balaban J connectivity index is 2.19. The standard InChI is InChI=1S/C12H25N/c1-4-11(3)8-9-12-7-6-10-13(12)5-2/h11-12H,4-10H2,1-3H3. The van der Waals surface area contributed by atoms with Crippen LogP contribution in [0.25, 0.3) is 0 Å². The Morgan fingerprint density at radius 1 is 1.38 bits per heavy atom. The fraction of sp³-hybridized carbons (Fsp3) is 1.00. The van der Waals surface area contributed by atoms with Crippen molar-refractivity contribution in [3.63, 3.8) is 0 Å². The number of hydrogen-bond donors (Lipinski definition) is 0. The first-order chi connectivity index (χ1) is 6.27. The van der Waals surface area contributed by atoms with Gasteiger partial charge in [0, 0.05) is 6.04 Å². The summed E-state index contributed by atoms with van der Waals surface area (Å²) in [5.74, 6) is 0.930. The first kappa shape index (κ1) is 11.0. The third-order valence-electron chi connectivity index (χ3n) is 3.59. The average molecular weight is 183 g/mol. The van der Waals surface area contributed by atoms with Crippen molar-refractivity contribution in [2.75, 3.05) is 13.1 Å². The number of hydrogen-bond acceptors (Lipinski definition) is 1. The largest absolute Gasteiger partial charge is 0.301 e. The van der Waals surface area contributed by atoms with Crippen LogP contribution in [0.5, 0.6) is 0 Å². The lowest BCUT2D eigenvalue weighted by Crippen LogP contribution is -2.29. The van der Waals surface area contributed by atoms with Crippen LogP contribution in [-0.2, 0) is 0 Å². The Hall–Kier alpha value is -0.0400. The molecule has 0 aliphatic carbocycles. The lowest BCUT2D eigenvalue weighted by atomic mass is 9.98. The highest BCUT2D eigenvalue weighted by molar-refractivity contribution is 4.78. The normalized spacial score (nSPS) is 26.5. The second-order valence-corrected chi connectivity index (χ2v) is 4.52. The second kappa shape index (κ2) is 5.64. The monoisotopic (exact) mass is 183 g/mol. The highest BCUT2D eigenvalue weighted by atomic mass is 15.2. The summed E-state index contributed by atoms with van der Waals surface area (Å²) in [5.41, 5.74) is 0. The molecule has 0 aromatic heterocycles. The zero-order chi connectivity index (χ0) is 9.68. The molecule has 1 fully saturated rings. The summed E-state index contributed by atoms with van der Waals surface area (Å²) >= 11 is 0. The van der Waals surface area contributed by atoms with Crippen LogP contribution in [0, 0.1) is 5.92 Å². The van der Waals surface area contributed by atoms with Gasteiger partial charge in [-0.15, -0.1) is 0 Å². The Labute approximate surface area is 83.5 Å². The van der Waals surface area contributed by atoms with Crippen LogP contribution in [-0.4, -0.2) is 24.0 Å². The lowest BCUT2D eigenvalue weighted by molar-refractivity contribution is 0.242. The molecule has 0 spiro atoms. The second-order valence-electron chi connectivity index (χ2n) is 4.52. The van der Waals surface area contributed by atoms with E-state index in [1.165, 1.54) is 45.2 Å². The van der Waals surface area contributed by atoms with Gasteiger partial charge in [0.15, 0.2) is 0 Å². The molecule has 0 radical (unpaired) electrons. The van der Waals surface area contributed by atoms with Gasteiger partial charge < -0.3 is 4.90 Å². The predicted molar refractivity (Wildman–Crippen MR) is 59.0 cm³/mol. The van der Waals surface area contributed by atoms with E-state index in [9.17, 15) is 0 Å². The van der Waals surface area contributed by atoms with Gasteiger partial charge in [0.1, 0.15) is 0 Å². The Kier molecular flexibility index (Phi) is 4.79. The highest BCUT2D eigenvalue weighted by Crippen LogP contribution is 2.23. The van der Waals surface area contributed by atoms with Gasteiger partial charge in [-0.2, -0.15) is 0 Å². The molecule has 13 heavy (non-hydrogen) atoms. The summed E-state index contributed by atoms with van der Waals surface area (Å²) in [6, 6.07) is 0.916. The van der Waals surface area contributed by atoms with Gasteiger partial charge >= 0.3 is 0 Å². The molecule has 1 saturated heterocycles. The van der Waals surface area contributed by atoms with Crippen molar-refractivity contribution in [2.45, 2.75) is 58.9 Å². The van der Waals surface area contributed by atoms with E-state index in [0.29, 0.717) is 0 Å². The van der Waals surface area contributed by atoms with Crippen molar-refractivity contribution in [2.24, 2.45) is 5.92 Å². The molecule has 0 amide bonds. The van der Waals surface area contributed by atoms with Crippen molar-refractivity contribution >= 4 is 0 Å². The fourth-order valence-electron chi connectivity index (χ4n) is 2.32. The maximum atomic E-state index is 2.66. The molecule has 1 heteroatoms. The Morgan fingerprint density at radius 3 is 2.77 bits per heavy atom. The van der Waals surface area contributed by atoms with Crippen molar-refractivity contribution < 1.29 is 0 Å². The molecule has 0 aromatic rings. The molecule has 0 bridgehead atoms. The number of nitrogens with zero attached hydrogens (tertiary/aromatic N) is 1. The smallest absolute Gasteiger partial charge is 0.00957 e. The summed E-state index contributed by atoms with van der Waals surface area (Å²) in [5, 5.41) is 0. The SMILES string of the molecule is CCC(C)CCC1CCCN1CC. The Morgan fingerprint density at radius 2 is 2.15 bits per heavy atom. The summed E-state index contributed by atoms with van der Waals surface area (Å²) in [7, 11) is 0. The van der Waals surface area contributed by atoms with Gasteiger partial charge in [0.25, 0.3) is 0 Å². The predicted octanol–water partition coefficient (Wildman–Crippen LogP) is 3.30. The molecule has 0 aromatic carbocycles. The molecular formula is C12H25N. The van der Waals surface area contributed by atoms with Crippen LogP contribution in [0.2, 0.25) is 0 Å². The van der Waals surface area contributed by atoms with Crippen molar-refractivity contribution in [1.82, 2.24) is 4.90 Å². The van der Waals surface area contributed by atoms with Crippen LogP contribution < -0.4 is 0 Å². The van der Waals surface area contributed by atoms with E-state index in [1.807, 2.05) is 0 Å². The first-order valence-corrected chi connectivity index (χ1v) is 6.02. The van der Waals surface area contributed by atoms with Crippen LogP contribution in [0.3, 0.4) is 0 Å². The van der Waals surface area contributed by atoms with E-state index in [2.05, 4.69) is 25.7 Å².